The number of aromatic nitrogens is 4. The summed E-state index contributed by atoms with van der Waals surface area (Å²) < 4.78 is 0. The van der Waals surface area contributed by atoms with Crippen molar-refractivity contribution in [2.24, 2.45) is 7.05 Å². The van der Waals surface area contributed by atoms with E-state index in [1.54, 1.807) is 14.1 Å². The monoisotopic (exact) mass is 157 g/mol. The molecule has 2 N–H and O–H groups in total. The van der Waals surface area contributed by atoms with Crippen LogP contribution in [0.3, 0.4) is 0 Å². The molecule has 6 nitrogen and oxygen atoms in total. The second-order valence-corrected chi connectivity index (χ2v) is 2.21. The molecule has 1 aromatic heterocycles. The fraction of sp³-hybridized carbons (Fsp3) is 0.800. The van der Waals surface area contributed by atoms with Gasteiger partial charge in [0.1, 0.15) is 6.10 Å². The minimum absolute atomic E-state index is 0.349. The minimum Gasteiger partial charge on any atom is -0.384 e. The molecular weight excluding hydrogens is 146 g/mol. The fourth-order valence-corrected chi connectivity index (χ4v) is 0.717. The Bertz CT molecular complexity index is 222. The molecule has 1 aromatic rings. The molecule has 1 atom stereocenters. The van der Waals surface area contributed by atoms with E-state index in [-0.39, 0.29) is 0 Å². The molecular formula is C5H11N5O. The summed E-state index contributed by atoms with van der Waals surface area (Å²) in [6, 6.07) is 0. The van der Waals surface area contributed by atoms with Gasteiger partial charge >= 0.3 is 0 Å². The molecule has 0 aromatic carbocycles. The molecule has 62 valence electrons. The van der Waals surface area contributed by atoms with Crippen LogP contribution in [0.15, 0.2) is 0 Å². The normalized spacial score (nSPS) is 13.4. The Morgan fingerprint density at radius 3 is 2.91 bits per heavy atom. The minimum atomic E-state index is -0.673. The van der Waals surface area contributed by atoms with Gasteiger partial charge in [0, 0.05) is 6.54 Å². The van der Waals surface area contributed by atoms with E-state index in [9.17, 15) is 5.11 Å². The molecule has 0 radical (unpaired) electrons. The van der Waals surface area contributed by atoms with Crippen LogP contribution in [0.4, 0.5) is 0 Å². The van der Waals surface area contributed by atoms with Crippen molar-refractivity contribution in [1.82, 2.24) is 25.5 Å². The van der Waals surface area contributed by atoms with Crippen molar-refractivity contribution in [3.05, 3.63) is 5.82 Å². The van der Waals surface area contributed by atoms with E-state index in [2.05, 4.69) is 20.7 Å². The van der Waals surface area contributed by atoms with Crippen molar-refractivity contribution in [2.45, 2.75) is 6.10 Å². The topological polar surface area (TPSA) is 75.9 Å². The van der Waals surface area contributed by atoms with Crippen LogP contribution in [0, 0.1) is 0 Å². The first-order valence-corrected chi connectivity index (χ1v) is 3.30. The van der Waals surface area contributed by atoms with E-state index in [0.717, 1.165) is 0 Å². The standard InChI is InChI=1S/C5H11N5O/c1-6-3-4(11)5-7-9-10(2)8-5/h4,6,11H,3H2,1-2H3. The molecule has 1 unspecified atom stereocenters. The first-order valence-electron chi connectivity index (χ1n) is 3.30. The highest BCUT2D eigenvalue weighted by Gasteiger charge is 2.11. The van der Waals surface area contributed by atoms with Crippen LogP contribution in [0.25, 0.3) is 0 Å². The Hall–Kier alpha value is -1.01. The first kappa shape index (κ1) is 8.09. The van der Waals surface area contributed by atoms with Crippen molar-refractivity contribution in [1.29, 1.82) is 0 Å². The zero-order valence-corrected chi connectivity index (χ0v) is 6.52. The summed E-state index contributed by atoms with van der Waals surface area (Å²) in [5.41, 5.74) is 0. The van der Waals surface area contributed by atoms with Gasteiger partial charge in [-0.2, -0.15) is 4.80 Å². The van der Waals surface area contributed by atoms with Crippen molar-refractivity contribution in [3.63, 3.8) is 0 Å². The summed E-state index contributed by atoms with van der Waals surface area (Å²) in [7, 11) is 3.40. The van der Waals surface area contributed by atoms with Gasteiger partial charge in [0.2, 0.25) is 5.82 Å². The summed E-state index contributed by atoms with van der Waals surface area (Å²) in [6.07, 6.45) is -0.673. The fourth-order valence-electron chi connectivity index (χ4n) is 0.717. The smallest absolute Gasteiger partial charge is 0.204 e. The average Bonchev–Trinajstić information content (AvgIpc) is 2.36. The highest BCUT2D eigenvalue weighted by molar-refractivity contribution is 4.84. The van der Waals surface area contributed by atoms with E-state index in [0.29, 0.717) is 12.4 Å². The molecule has 0 aliphatic heterocycles. The highest BCUT2D eigenvalue weighted by Crippen LogP contribution is 2.01. The summed E-state index contributed by atoms with van der Waals surface area (Å²) in [5.74, 6) is 0.349. The maximum Gasteiger partial charge on any atom is 0.204 e. The Kier molecular flexibility index (Phi) is 2.50. The molecule has 0 aliphatic rings. The van der Waals surface area contributed by atoms with Gasteiger partial charge in [0.15, 0.2) is 0 Å². The first-order chi connectivity index (χ1) is 5.24. The zero-order chi connectivity index (χ0) is 8.27. The van der Waals surface area contributed by atoms with Gasteiger partial charge in [0.05, 0.1) is 7.05 Å². The molecule has 0 saturated carbocycles. The molecule has 11 heavy (non-hydrogen) atoms. The van der Waals surface area contributed by atoms with Gasteiger partial charge in [0.25, 0.3) is 0 Å². The molecule has 0 spiro atoms. The van der Waals surface area contributed by atoms with E-state index < -0.39 is 6.10 Å². The van der Waals surface area contributed by atoms with Crippen molar-refractivity contribution in [2.75, 3.05) is 13.6 Å². The summed E-state index contributed by atoms with van der Waals surface area (Å²) >= 11 is 0. The average molecular weight is 157 g/mol. The SMILES string of the molecule is CNCC(O)c1nnn(C)n1. The van der Waals surface area contributed by atoms with Gasteiger partial charge in [-0.25, -0.2) is 0 Å². The predicted octanol–water partition coefficient (Wildman–Crippen LogP) is -1.54. The Balaban J connectivity index is 2.60. The Labute approximate surface area is 64.2 Å². The summed E-state index contributed by atoms with van der Waals surface area (Å²) in [4.78, 5) is 1.31. The quantitative estimate of drug-likeness (QED) is 0.556. The number of nitrogens with zero attached hydrogens (tertiary/aromatic N) is 4. The second kappa shape index (κ2) is 3.40. The van der Waals surface area contributed by atoms with E-state index >= 15 is 0 Å². The third-order valence-electron chi connectivity index (χ3n) is 1.22. The molecule has 0 fully saturated rings. The van der Waals surface area contributed by atoms with Crippen molar-refractivity contribution in [3.8, 4) is 0 Å². The number of hydrogen-bond donors (Lipinski definition) is 2. The molecule has 6 heteroatoms. The van der Waals surface area contributed by atoms with Gasteiger partial charge < -0.3 is 10.4 Å². The number of rotatable bonds is 3. The number of aryl methyl sites for hydroxylation is 1. The Morgan fingerprint density at radius 2 is 2.45 bits per heavy atom. The van der Waals surface area contributed by atoms with E-state index in [1.165, 1.54) is 4.80 Å². The number of aliphatic hydroxyl groups is 1. The lowest BCUT2D eigenvalue weighted by atomic mass is 10.3. The molecule has 1 heterocycles. The largest absolute Gasteiger partial charge is 0.384 e. The molecule has 1 rings (SSSR count). The lowest BCUT2D eigenvalue weighted by Gasteiger charge is -2.02. The van der Waals surface area contributed by atoms with Crippen LogP contribution in [-0.4, -0.2) is 38.9 Å². The Morgan fingerprint density at radius 1 is 1.73 bits per heavy atom. The van der Waals surface area contributed by atoms with Gasteiger partial charge in [-0.15, -0.1) is 10.2 Å². The number of aliphatic hydroxyl groups excluding tert-OH is 1. The van der Waals surface area contributed by atoms with Crippen molar-refractivity contribution >= 4 is 0 Å². The van der Waals surface area contributed by atoms with E-state index in [1.807, 2.05) is 0 Å². The molecule has 0 aliphatic carbocycles. The summed E-state index contributed by atoms with van der Waals surface area (Å²) in [5, 5.41) is 23.2. The maximum absolute atomic E-state index is 9.29. The lowest BCUT2D eigenvalue weighted by Crippen LogP contribution is -2.17. The van der Waals surface area contributed by atoms with Crippen LogP contribution in [0.5, 0.6) is 0 Å². The molecule has 0 saturated heterocycles. The zero-order valence-electron chi connectivity index (χ0n) is 6.52. The van der Waals surface area contributed by atoms with Crippen LogP contribution < -0.4 is 5.32 Å². The van der Waals surface area contributed by atoms with Crippen LogP contribution in [0.1, 0.15) is 11.9 Å². The molecule has 0 bridgehead atoms. The van der Waals surface area contributed by atoms with Gasteiger partial charge in [-0.1, -0.05) is 0 Å². The van der Waals surface area contributed by atoms with Crippen LogP contribution in [-0.2, 0) is 7.05 Å². The molecule has 0 amide bonds. The van der Waals surface area contributed by atoms with Crippen LogP contribution >= 0.6 is 0 Å². The highest BCUT2D eigenvalue weighted by atomic mass is 16.3. The second-order valence-electron chi connectivity index (χ2n) is 2.21. The number of nitrogens with one attached hydrogen (secondary N) is 1. The predicted molar refractivity (Wildman–Crippen MR) is 37.7 cm³/mol. The van der Waals surface area contributed by atoms with Crippen LogP contribution in [0.2, 0.25) is 0 Å². The third-order valence-corrected chi connectivity index (χ3v) is 1.22. The maximum atomic E-state index is 9.29. The number of tetrazole rings is 1. The van der Waals surface area contributed by atoms with Gasteiger partial charge in [-0.3, -0.25) is 0 Å². The summed E-state index contributed by atoms with van der Waals surface area (Å²) in [6.45, 7) is 0.436. The third kappa shape index (κ3) is 1.95. The van der Waals surface area contributed by atoms with Gasteiger partial charge in [-0.05, 0) is 12.3 Å². The number of hydrogen-bond acceptors (Lipinski definition) is 5. The van der Waals surface area contributed by atoms with E-state index in [4.69, 9.17) is 0 Å². The van der Waals surface area contributed by atoms with Crippen molar-refractivity contribution < 1.29 is 5.11 Å². The lowest BCUT2D eigenvalue weighted by molar-refractivity contribution is 0.167. The number of likely N-dealkylation sites (N-methyl/N-ethyl adjacent to an activating group) is 1.